The Morgan fingerprint density at radius 2 is 1.80 bits per heavy atom. The van der Waals surface area contributed by atoms with Gasteiger partial charge in [-0.2, -0.15) is 0 Å². The number of nitrogens with zero attached hydrogens (tertiary/aromatic N) is 2. The third kappa shape index (κ3) is 3.66. The number of anilines is 2. The fourth-order valence-corrected chi connectivity index (χ4v) is 1.69. The minimum atomic E-state index is -0.241. The second-order valence-corrected chi connectivity index (χ2v) is 5.73. The lowest BCUT2D eigenvalue weighted by Gasteiger charge is -2.18. The van der Waals surface area contributed by atoms with Gasteiger partial charge in [0.25, 0.3) is 0 Å². The van der Waals surface area contributed by atoms with Gasteiger partial charge in [0.05, 0.1) is 0 Å². The molecule has 0 aliphatic rings. The van der Waals surface area contributed by atoms with E-state index in [4.69, 9.17) is 5.73 Å². The molecule has 20 heavy (non-hydrogen) atoms. The average Bonchev–Trinajstić information content (AvgIpc) is 2.36. The van der Waals surface area contributed by atoms with Crippen molar-refractivity contribution in [1.82, 2.24) is 9.97 Å². The number of hydrogen-bond acceptors (Lipinski definition) is 4. The van der Waals surface area contributed by atoms with Crippen molar-refractivity contribution in [3.05, 3.63) is 47.5 Å². The van der Waals surface area contributed by atoms with Crippen LogP contribution in [0.25, 0.3) is 0 Å². The molecule has 1 aromatic heterocycles. The van der Waals surface area contributed by atoms with Crippen LogP contribution in [0.5, 0.6) is 0 Å². The van der Waals surface area contributed by atoms with Gasteiger partial charge in [0.2, 0.25) is 0 Å². The zero-order valence-corrected chi connectivity index (χ0v) is 11.9. The van der Waals surface area contributed by atoms with Crippen molar-refractivity contribution in [2.45, 2.75) is 32.7 Å². The molecule has 0 unspecified atom stereocenters. The number of aromatic nitrogens is 2. The summed E-state index contributed by atoms with van der Waals surface area (Å²) in [5.74, 6) is 1.56. The Morgan fingerprint density at radius 1 is 1.15 bits per heavy atom. The van der Waals surface area contributed by atoms with Crippen LogP contribution in [-0.4, -0.2) is 9.97 Å². The minimum Gasteiger partial charge on any atom is -0.384 e. The Kier molecular flexibility index (Phi) is 3.88. The fraction of sp³-hybridized carbons (Fsp3) is 0.333. The monoisotopic (exact) mass is 274 g/mol. The number of hydrogen-bond donors (Lipinski definition) is 2. The predicted molar refractivity (Wildman–Crippen MR) is 78.9 cm³/mol. The smallest absolute Gasteiger partial charge is 0.138 e. The Balaban J connectivity index is 2.13. The summed E-state index contributed by atoms with van der Waals surface area (Å²) >= 11 is 0. The molecule has 0 saturated heterocycles. The van der Waals surface area contributed by atoms with Gasteiger partial charge in [0.1, 0.15) is 23.3 Å². The SMILES string of the molecule is CC(C)(C)c1nc(N)cc(NCc2ccc(F)cc2)n1. The van der Waals surface area contributed by atoms with Gasteiger partial charge in [-0.3, -0.25) is 0 Å². The largest absolute Gasteiger partial charge is 0.384 e. The first-order valence-corrected chi connectivity index (χ1v) is 6.48. The second kappa shape index (κ2) is 5.45. The maximum atomic E-state index is 12.8. The number of rotatable bonds is 3. The summed E-state index contributed by atoms with van der Waals surface area (Å²) in [6.45, 7) is 6.66. The molecule has 2 rings (SSSR count). The molecular weight excluding hydrogens is 255 g/mol. The first-order chi connectivity index (χ1) is 9.34. The van der Waals surface area contributed by atoms with E-state index >= 15 is 0 Å². The lowest BCUT2D eigenvalue weighted by molar-refractivity contribution is 0.547. The van der Waals surface area contributed by atoms with Crippen LogP contribution in [0, 0.1) is 5.82 Å². The Hall–Kier alpha value is -2.17. The van der Waals surface area contributed by atoms with Crippen LogP contribution in [0.2, 0.25) is 0 Å². The summed E-state index contributed by atoms with van der Waals surface area (Å²) in [5, 5.41) is 3.18. The van der Waals surface area contributed by atoms with Crippen molar-refractivity contribution in [2.24, 2.45) is 0 Å². The highest BCUT2D eigenvalue weighted by atomic mass is 19.1. The first kappa shape index (κ1) is 14.2. The van der Waals surface area contributed by atoms with Gasteiger partial charge in [-0.25, -0.2) is 14.4 Å². The molecule has 0 spiro atoms. The third-order valence-electron chi connectivity index (χ3n) is 2.80. The Morgan fingerprint density at radius 3 is 2.40 bits per heavy atom. The van der Waals surface area contributed by atoms with Crippen molar-refractivity contribution < 1.29 is 4.39 Å². The van der Waals surface area contributed by atoms with Crippen LogP contribution in [0.15, 0.2) is 30.3 Å². The molecule has 106 valence electrons. The van der Waals surface area contributed by atoms with E-state index in [1.54, 1.807) is 18.2 Å². The molecule has 2 aromatic rings. The van der Waals surface area contributed by atoms with Gasteiger partial charge < -0.3 is 11.1 Å². The number of nitrogen functional groups attached to an aromatic ring is 1. The molecule has 0 atom stereocenters. The van der Waals surface area contributed by atoms with Crippen LogP contribution in [0.1, 0.15) is 32.2 Å². The number of benzene rings is 1. The maximum Gasteiger partial charge on any atom is 0.138 e. The van der Waals surface area contributed by atoms with Gasteiger partial charge in [-0.15, -0.1) is 0 Å². The van der Waals surface area contributed by atoms with E-state index in [9.17, 15) is 4.39 Å². The summed E-state index contributed by atoms with van der Waals surface area (Å²) in [6, 6.07) is 8.03. The quantitative estimate of drug-likeness (QED) is 0.902. The fourth-order valence-electron chi connectivity index (χ4n) is 1.69. The van der Waals surface area contributed by atoms with E-state index in [2.05, 4.69) is 15.3 Å². The van der Waals surface area contributed by atoms with E-state index in [-0.39, 0.29) is 11.2 Å². The van der Waals surface area contributed by atoms with E-state index in [0.29, 0.717) is 24.0 Å². The van der Waals surface area contributed by atoms with Crippen LogP contribution < -0.4 is 11.1 Å². The zero-order chi connectivity index (χ0) is 14.8. The van der Waals surface area contributed by atoms with Crippen molar-refractivity contribution >= 4 is 11.6 Å². The lowest BCUT2D eigenvalue weighted by atomic mass is 9.96. The molecule has 0 bridgehead atoms. The number of nitrogens with two attached hydrogens (primary N) is 1. The molecule has 5 heteroatoms. The van der Waals surface area contributed by atoms with Crippen molar-refractivity contribution in [2.75, 3.05) is 11.1 Å². The van der Waals surface area contributed by atoms with E-state index in [0.717, 1.165) is 5.56 Å². The Bertz CT molecular complexity index is 588. The van der Waals surface area contributed by atoms with Gasteiger partial charge in [0, 0.05) is 18.0 Å². The van der Waals surface area contributed by atoms with Gasteiger partial charge in [0.15, 0.2) is 0 Å². The first-order valence-electron chi connectivity index (χ1n) is 6.48. The third-order valence-corrected chi connectivity index (χ3v) is 2.80. The molecule has 1 heterocycles. The molecule has 4 nitrogen and oxygen atoms in total. The van der Waals surface area contributed by atoms with Crippen LogP contribution in [0.3, 0.4) is 0 Å². The maximum absolute atomic E-state index is 12.8. The molecule has 0 aliphatic carbocycles. The molecule has 0 amide bonds. The lowest BCUT2D eigenvalue weighted by Crippen LogP contribution is -2.18. The number of nitrogens with one attached hydrogen (secondary N) is 1. The summed E-state index contributed by atoms with van der Waals surface area (Å²) in [7, 11) is 0. The highest BCUT2D eigenvalue weighted by Crippen LogP contribution is 2.21. The molecular formula is C15H19FN4. The van der Waals surface area contributed by atoms with Crippen LogP contribution in [0.4, 0.5) is 16.0 Å². The van der Waals surface area contributed by atoms with E-state index in [1.807, 2.05) is 20.8 Å². The molecule has 1 aromatic carbocycles. The molecule has 0 aliphatic heterocycles. The van der Waals surface area contributed by atoms with Gasteiger partial charge in [-0.05, 0) is 17.7 Å². The van der Waals surface area contributed by atoms with Crippen molar-refractivity contribution in [1.29, 1.82) is 0 Å². The topological polar surface area (TPSA) is 63.8 Å². The molecule has 0 saturated carbocycles. The van der Waals surface area contributed by atoms with Crippen LogP contribution >= 0.6 is 0 Å². The summed E-state index contributed by atoms with van der Waals surface area (Å²) < 4.78 is 12.8. The van der Waals surface area contributed by atoms with E-state index in [1.165, 1.54) is 12.1 Å². The molecule has 0 radical (unpaired) electrons. The predicted octanol–water partition coefficient (Wildman–Crippen LogP) is 3.11. The second-order valence-electron chi connectivity index (χ2n) is 5.73. The number of halogens is 1. The highest BCUT2D eigenvalue weighted by Gasteiger charge is 2.18. The van der Waals surface area contributed by atoms with Gasteiger partial charge in [-0.1, -0.05) is 32.9 Å². The average molecular weight is 274 g/mol. The molecule has 3 N–H and O–H groups in total. The highest BCUT2D eigenvalue weighted by molar-refractivity contribution is 5.45. The Labute approximate surface area is 118 Å². The normalized spacial score (nSPS) is 11.4. The van der Waals surface area contributed by atoms with E-state index < -0.39 is 0 Å². The summed E-state index contributed by atoms with van der Waals surface area (Å²) in [6.07, 6.45) is 0. The van der Waals surface area contributed by atoms with Gasteiger partial charge >= 0.3 is 0 Å². The van der Waals surface area contributed by atoms with Crippen LogP contribution in [-0.2, 0) is 12.0 Å². The van der Waals surface area contributed by atoms with Crippen molar-refractivity contribution in [3.8, 4) is 0 Å². The summed E-state index contributed by atoms with van der Waals surface area (Å²) in [5.41, 5.74) is 6.61. The molecule has 0 fully saturated rings. The minimum absolute atomic E-state index is 0.165. The van der Waals surface area contributed by atoms with Crippen molar-refractivity contribution in [3.63, 3.8) is 0 Å². The summed E-state index contributed by atoms with van der Waals surface area (Å²) in [4.78, 5) is 8.71. The zero-order valence-electron chi connectivity index (χ0n) is 11.9. The standard InChI is InChI=1S/C15H19FN4/c1-15(2,3)14-19-12(17)8-13(20-14)18-9-10-4-6-11(16)7-5-10/h4-8H,9H2,1-3H3,(H3,17,18,19,20).